The number of dihydropyridines is 1. The van der Waals surface area contributed by atoms with Crippen molar-refractivity contribution in [3.63, 3.8) is 0 Å². The number of aliphatic carboxylic acids is 1. The molecule has 1 unspecified atom stereocenters. The summed E-state index contributed by atoms with van der Waals surface area (Å²) in [6.07, 6.45) is 1.10. The maximum absolute atomic E-state index is 14.2. The van der Waals surface area contributed by atoms with Crippen LogP contribution in [-0.2, 0) is 11.3 Å². The van der Waals surface area contributed by atoms with E-state index in [4.69, 9.17) is 32.7 Å². The summed E-state index contributed by atoms with van der Waals surface area (Å²) in [7, 11) is 3.03. The molecule has 0 bridgehead atoms. The molecule has 1 aromatic carbocycles. The molecule has 1 aliphatic heterocycles. The largest absolute Gasteiger partial charge is 0.497 e. The molecule has 134 valence electrons. The second kappa shape index (κ2) is 8.22. The standard InChI is InChI=1S/C16H15Cl2FN2O4/c1-24-9-3-8(4-10(5-9)25-2)6-20-7-11-12(16(22)23)14(17)21-15(18)13(11)19/h3-5,7,15,21H,6H2,1-2H3,(H,22,23). The molecule has 1 aromatic rings. The van der Waals surface area contributed by atoms with Crippen molar-refractivity contribution in [1.29, 1.82) is 0 Å². The summed E-state index contributed by atoms with van der Waals surface area (Å²) in [6.45, 7) is 0.148. The molecule has 0 amide bonds. The van der Waals surface area contributed by atoms with Crippen LogP contribution in [0.1, 0.15) is 5.56 Å². The van der Waals surface area contributed by atoms with E-state index in [1.807, 2.05) is 0 Å². The summed E-state index contributed by atoms with van der Waals surface area (Å²) < 4.78 is 24.5. The summed E-state index contributed by atoms with van der Waals surface area (Å²) in [5, 5.41) is 11.3. The number of alkyl halides is 1. The average Bonchev–Trinajstić information content (AvgIpc) is 2.58. The Morgan fingerprint density at radius 2 is 1.96 bits per heavy atom. The van der Waals surface area contributed by atoms with Crippen LogP contribution < -0.4 is 14.8 Å². The number of carboxylic acids is 1. The van der Waals surface area contributed by atoms with Gasteiger partial charge < -0.3 is 19.9 Å². The predicted molar refractivity (Wildman–Crippen MR) is 93.2 cm³/mol. The first-order valence-electron chi connectivity index (χ1n) is 7.02. The Kier molecular flexibility index (Phi) is 6.27. The quantitative estimate of drug-likeness (QED) is 0.444. The fourth-order valence-electron chi connectivity index (χ4n) is 2.16. The normalized spacial score (nSPS) is 17.7. The van der Waals surface area contributed by atoms with Crippen LogP contribution in [0.2, 0.25) is 0 Å². The van der Waals surface area contributed by atoms with E-state index in [1.54, 1.807) is 18.2 Å². The minimum atomic E-state index is -1.39. The summed E-state index contributed by atoms with van der Waals surface area (Å²) in [5.41, 5.74) is -1.22. The predicted octanol–water partition coefficient (Wildman–Crippen LogP) is 3.20. The van der Waals surface area contributed by atoms with Crippen LogP contribution in [0.5, 0.6) is 11.5 Å². The van der Waals surface area contributed by atoms with Gasteiger partial charge in [0.05, 0.1) is 20.8 Å². The molecule has 25 heavy (non-hydrogen) atoms. The number of nitrogens with zero attached hydrogens (tertiary/aromatic N) is 1. The van der Waals surface area contributed by atoms with Crippen molar-refractivity contribution >= 4 is 35.4 Å². The lowest BCUT2D eigenvalue weighted by Gasteiger charge is -2.20. The number of aliphatic imine (C=N–C) groups is 1. The molecule has 0 fully saturated rings. The summed E-state index contributed by atoms with van der Waals surface area (Å²) in [6, 6.07) is 5.17. The van der Waals surface area contributed by atoms with Crippen LogP contribution in [0.3, 0.4) is 0 Å². The van der Waals surface area contributed by atoms with Gasteiger partial charge in [0.1, 0.15) is 28.1 Å². The third-order valence-electron chi connectivity index (χ3n) is 3.34. The Morgan fingerprint density at radius 3 is 2.48 bits per heavy atom. The topological polar surface area (TPSA) is 80.2 Å². The Labute approximate surface area is 153 Å². The number of carboxylic acid groups (broad SMARTS) is 1. The number of methoxy groups -OCH3 is 2. The SMILES string of the molecule is COc1cc(CN=CC2=C(F)C(Cl)NC(Cl)=C2C(=O)O)cc(OC)c1. The van der Waals surface area contributed by atoms with Crippen molar-refractivity contribution in [2.24, 2.45) is 4.99 Å². The molecule has 0 saturated heterocycles. The van der Waals surface area contributed by atoms with Crippen LogP contribution in [0.15, 0.2) is 45.3 Å². The van der Waals surface area contributed by atoms with E-state index in [0.717, 1.165) is 11.8 Å². The Hall–Kier alpha value is -2.25. The molecule has 0 spiro atoms. The second-order valence-electron chi connectivity index (χ2n) is 4.95. The summed E-state index contributed by atoms with van der Waals surface area (Å²) in [5.74, 6) is -1.10. The number of rotatable bonds is 6. The van der Waals surface area contributed by atoms with E-state index in [1.165, 1.54) is 14.2 Å². The monoisotopic (exact) mass is 388 g/mol. The molecular weight excluding hydrogens is 374 g/mol. The molecule has 9 heteroatoms. The van der Waals surface area contributed by atoms with Gasteiger partial charge in [0.2, 0.25) is 0 Å². The van der Waals surface area contributed by atoms with Gasteiger partial charge in [0.25, 0.3) is 0 Å². The number of hydrogen-bond acceptors (Lipinski definition) is 5. The van der Waals surface area contributed by atoms with Gasteiger partial charge in [0.15, 0.2) is 5.50 Å². The molecule has 1 heterocycles. The van der Waals surface area contributed by atoms with E-state index in [0.29, 0.717) is 11.5 Å². The maximum atomic E-state index is 14.2. The first-order chi connectivity index (χ1) is 11.9. The van der Waals surface area contributed by atoms with Crippen molar-refractivity contribution in [2.45, 2.75) is 12.0 Å². The highest BCUT2D eigenvalue weighted by Crippen LogP contribution is 2.29. The number of ether oxygens (including phenoxy) is 2. The Bertz CT molecular complexity index is 755. The number of carbonyl (C=O) groups is 1. The zero-order valence-corrected chi connectivity index (χ0v) is 14.9. The number of benzene rings is 1. The van der Waals surface area contributed by atoms with E-state index in [9.17, 15) is 14.3 Å². The van der Waals surface area contributed by atoms with Crippen LogP contribution in [0, 0.1) is 0 Å². The molecule has 0 radical (unpaired) electrons. The van der Waals surface area contributed by atoms with Gasteiger partial charge in [-0.3, -0.25) is 4.99 Å². The highest BCUT2D eigenvalue weighted by Gasteiger charge is 2.30. The molecule has 2 rings (SSSR count). The molecular formula is C16H15Cl2FN2O4. The van der Waals surface area contributed by atoms with Crippen molar-refractivity contribution in [2.75, 3.05) is 14.2 Å². The number of halogens is 3. The fraction of sp³-hybridized carbons (Fsp3) is 0.250. The average molecular weight is 389 g/mol. The van der Waals surface area contributed by atoms with Gasteiger partial charge in [0, 0.05) is 17.9 Å². The lowest BCUT2D eigenvalue weighted by molar-refractivity contribution is -0.132. The van der Waals surface area contributed by atoms with Gasteiger partial charge in [-0.05, 0) is 17.7 Å². The molecule has 0 aliphatic carbocycles. The van der Waals surface area contributed by atoms with E-state index in [-0.39, 0.29) is 17.3 Å². The van der Waals surface area contributed by atoms with Gasteiger partial charge in [-0.15, -0.1) is 0 Å². The molecule has 1 aliphatic rings. The first kappa shape index (κ1) is 19.1. The third kappa shape index (κ3) is 4.43. The Morgan fingerprint density at radius 1 is 1.36 bits per heavy atom. The van der Waals surface area contributed by atoms with Gasteiger partial charge in [-0.25, -0.2) is 9.18 Å². The van der Waals surface area contributed by atoms with Crippen molar-refractivity contribution < 1.29 is 23.8 Å². The zero-order valence-electron chi connectivity index (χ0n) is 13.3. The smallest absolute Gasteiger partial charge is 0.339 e. The first-order valence-corrected chi connectivity index (χ1v) is 7.84. The lowest BCUT2D eigenvalue weighted by atomic mass is 10.0. The van der Waals surface area contributed by atoms with Crippen molar-refractivity contribution in [3.05, 3.63) is 45.9 Å². The third-order valence-corrected chi connectivity index (χ3v) is 3.94. The van der Waals surface area contributed by atoms with E-state index >= 15 is 0 Å². The molecule has 1 atom stereocenters. The fourth-order valence-corrected chi connectivity index (χ4v) is 2.73. The van der Waals surface area contributed by atoms with E-state index in [2.05, 4.69) is 10.3 Å². The second-order valence-corrected chi connectivity index (χ2v) is 5.77. The minimum absolute atomic E-state index is 0.148. The molecule has 0 saturated carbocycles. The number of hydrogen-bond donors (Lipinski definition) is 2. The lowest BCUT2D eigenvalue weighted by Crippen LogP contribution is -2.30. The van der Waals surface area contributed by atoms with Crippen LogP contribution >= 0.6 is 23.2 Å². The molecule has 2 N–H and O–H groups in total. The highest BCUT2D eigenvalue weighted by molar-refractivity contribution is 6.34. The number of nitrogens with one attached hydrogen (secondary N) is 1. The van der Waals surface area contributed by atoms with Crippen molar-refractivity contribution in [1.82, 2.24) is 5.32 Å². The summed E-state index contributed by atoms with van der Waals surface area (Å²) >= 11 is 11.6. The van der Waals surface area contributed by atoms with Gasteiger partial charge in [-0.2, -0.15) is 0 Å². The van der Waals surface area contributed by atoms with Crippen molar-refractivity contribution in [3.8, 4) is 11.5 Å². The summed E-state index contributed by atoms with van der Waals surface area (Å²) in [4.78, 5) is 15.4. The van der Waals surface area contributed by atoms with Gasteiger partial charge >= 0.3 is 5.97 Å². The maximum Gasteiger partial charge on any atom is 0.339 e. The van der Waals surface area contributed by atoms with Crippen LogP contribution in [-0.4, -0.2) is 37.0 Å². The molecule has 6 nitrogen and oxygen atoms in total. The van der Waals surface area contributed by atoms with E-state index < -0.39 is 22.9 Å². The van der Waals surface area contributed by atoms with Crippen LogP contribution in [0.4, 0.5) is 4.39 Å². The van der Waals surface area contributed by atoms with Gasteiger partial charge in [-0.1, -0.05) is 23.2 Å². The van der Waals surface area contributed by atoms with Crippen LogP contribution in [0.25, 0.3) is 0 Å². The minimum Gasteiger partial charge on any atom is -0.497 e. The highest BCUT2D eigenvalue weighted by atomic mass is 35.5. The Balaban J connectivity index is 2.28. The molecule has 0 aromatic heterocycles. The zero-order chi connectivity index (χ0) is 18.6.